The average Bonchev–Trinajstić information content (AvgIpc) is 2.87. The maximum Gasteiger partial charge on any atom is 0.136 e. The summed E-state index contributed by atoms with van der Waals surface area (Å²) in [6.07, 6.45) is 0. The quantitative estimate of drug-likeness (QED) is 0.749. The molecule has 0 aliphatic heterocycles. The van der Waals surface area contributed by atoms with Crippen molar-refractivity contribution >= 4 is 5.82 Å². The summed E-state index contributed by atoms with van der Waals surface area (Å²) < 4.78 is 5.88. The summed E-state index contributed by atoms with van der Waals surface area (Å²) in [5, 5.41) is 6.89. The fraction of sp³-hybridized carbons (Fsp3) is 0. The molecule has 19 heavy (non-hydrogen) atoms. The number of aromatic nitrogens is 2. The van der Waals surface area contributed by atoms with Crippen molar-refractivity contribution in [2.45, 2.75) is 0 Å². The number of para-hydroxylation sites is 2. The van der Waals surface area contributed by atoms with Crippen molar-refractivity contribution in [1.82, 2.24) is 10.2 Å². The standard InChI is InChI=1S/C15H13N3O/c16-15-10-13(17-18-15)12-8-4-5-9-14(12)19-11-6-2-1-3-7-11/h1-10H,(H3,16,17,18). The molecule has 0 saturated heterocycles. The molecule has 3 aromatic rings. The molecule has 0 aliphatic carbocycles. The number of H-pyrrole nitrogens is 1. The number of rotatable bonds is 3. The number of nitrogens with zero attached hydrogens (tertiary/aromatic N) is 1. The normalized spacial score (nSPS) is 10.3. The predicted molar refractivity (Wildman–Crippen MR) is 75.0 cm³/mol. The summed E-state index contributed by atoms with van der Waals surface area (Å²) in [7, 11) is 0. The molecule has 0 aliphatic rings. The van der Waals surface area contributed by atoms with Gasteiger partial charge in [0.15, 0.2) is 0 Å². The van der Waals surface area contributed by atoms with Crippen molar-refractivity contribution in [2.75, 3.05) is 5.73 Å². The third kappa shape index (κ3) is 2.42. The van der Waals surface area contributed by atoms with E-state index in [9.17, 15) is 0 Å². The molecule has 1 heterocycles. The largest absolute Gasteiger partial charge is 0.457 e. The van der Waals surface area contributed by atoms with Gasteiger partial charge in [-0.15, -0.1) is 0 Å². The molecule has 1 aromatic heterocycles. The highest BCUT2D eigenvalue weighted by Gasteiger charge is 2.09. The van der Waals surface area contributed by atoms with Gasteiger partial charge >= 0.3 is 0 Å². The molecule has 3 N–H and O–H groups in total. The molecule has 0 unspecified atom stereocenters. The van der Waals surface area contributed by atoms with Gasteiger partial charge in [-0.2, -0.15) is 5.10 Å². The van der Waals surface area contributed by atoms with Gasteiger partial charge in [-0.25, -0.2) is 0 Å². The highest BCUT2D eigenvalue weighted by Crippen LogP contribution is 2.32. The SMILES string of the molecule is Nc1cc(-c2ccccc2Oc2ccccc2)n[nH]1. The van der Waals surface area contributed by atoms with Crippen LogP contribution in [0.25, 0.3) is 11.3 Å². The Kier molecular flexibility index (Phi) is 2.90. The molecule has 4 nitrogen and oxygen atoms in total. The molecule has 0 amide bonds. The van der Waals surface area contributed by atoms with Gasteiger partial charge in [0.1, 0.15) is 17.3 Å². The molecule has 0 atom stereocenters. The lowest BCUT2D eigenvalue weighted by Gasteiger charge is -2.09. The lowest BCUT2D eigenvalue weighted by atomic mass is 10.1. The van der Waals surface area contributed by atoms with Crippen LogP contribution >= 0.6 is 0 Å². The number of nitrogens with one attached hydrogen (secondary N) is 1. The lowest BCUT2D eigenvalue weighted by Crippen LogP contribution is -1.88. The van der Waals surface area contributed by atoms with Crippen molar-refractivity contribution in [1.29, 1.82) is 0 Å². The van der Waals surface area contributed by atoms with Gasteiger partial charge in [-0.05, 0) is 24.3 Å². The first-order chi connectivity index (χ1) is 9.33. The van der Waals surface area contributed by atoms with Crippen molar-refractivity contribution in [3.63, 3.8) is 0 Å². The number of hydrogen-bond donors (Lipinski definition) is 2. The van der Waals surface area contributed by atoms with Crippen molar-refractivity contribution < 1.29 is 4.74 Å². The van der Waals surface area contributed by atoms with Gasteiger partial charge in [0.25, 0.3) is 0 Å². The summed E-state index contributed by atoms with van der Waals surface area (Å²) in [6.45, 7) is 0. The van der Waals surface area contributed by atoms with Crippen LogP contribution in [-0.2, 0) is 0 Å². The molecule has 0 spiro atoms. The van der Waals surface area contributed by atoms with Crippen LogP contribution in [0.15, 0.2) is 60.7 Å². The molecule has 94 valence electrons. The molecule has 0 saturated carbocycles. The first kappa shape index (κ1) is 11.3. The second-order valence-electron chi connectivity index (χ2n) is 4.12. The zero-order valence-electron chi connectivity index (χ0n) is 10.2. The van der Waals surface area contributed by atoms with Crippen molar-refractivity contribution in [3.05, 3.63) is 60.7 Å². The Hall–Kier alpha value is -2.75. The molecule has 0 bridgehead atoms. The summed E-state index contributed by atoms with van der Waals surface area (Å²) >= 11 is 0. The van der Waals surface area contributed by atoms with E-state index < -0.39 is 0 Å². The van der Waals surface area contributed by atoms with Crippen LogP contribution in [0.2, 0.25) is 0 Å². The maximum absolute atomic E-state index is 5.88. The fourth-order valence-electron chi connectivity index (χ4n) is 1.86. The Bertz CT molecular complexity index is 677. The number of hydrogen-bond acceptors (Lipinski definition) is 3. The minimum atomic E-state index is 0.532. The van der Waals surface area contributed by atoms with E-state index in [1.54, 1.807) is 6.07 Å². The summed E-state index contributed by atoms with van der Waals surface area (Å²) in [6, 6.07) is 19.2. The van der Waals surface area contributed by atoms with E-state index in [1.165, 1.54) is 0 Å². The summed E-state index contributed by atoms with van der Waals surface area (Å²) in [5.41, 5.74) is 7.33. The van der Waals surface area contributed by atoms with Crippen LogP contribution < -0.4 is 10.5 Å². The third-order valence-corrected chi connectivity index (χ3v) is 2.73. The average molecular weight is 251 g/mol. The monoisotopic (exact) mass is 251 g/mol. The molecular weight excluding hydrogens is 238 g/mol. The smallest absolute Gasteiger partial charge is 0.136 e. The van der Waals surface area contributed by atoms with E-state index in [4.69, 9.17) is 10.5 Å². The Labute approximate surface area is 110 Å². The van der Waals surface area contributed by atoms with Gasteiger partial charge in [0, 0.05) is 11.6 Å². The van der Waals surface area contributed by atoms with Gasteiger partial charge < -0.3 is 10.5 Å². The molecule has 0 fully saturated rings. The lowest BCUT2D eigenvalue weighted by molar-refractivity contribution is 0.484. The van der Waals surface area contributed by atoms with Crippen LogP contribution in [0.1, 0.15) is 0 Å². The van der Waals surface area contributed by atoms with Crippen LogP contribution in [0.3, 0.4) is 0 Å². The molecule has 4 heteroatoms. The number of nitrogens with two attached hydrogens (primary N) is 1. The van der Waals surface area contributed by atoms with E-state index in [2.05, 4.69) is 10.2 Å². The van der Waals surface area contributed by atoms with Crippen LogP contribution in [0.5, 0.6) is 11.5 Å². The third-order valence-electron chi connectivity index (χ3n) is 2.73. The predicted octanol–water partition coefficient (Wildman–Crippen LogP) is 3.45. The first-order valence-electron chi connectivity index (χ1n) is 5.96. The number of nitrogen functional groups attached to an aromatic ring is 1. The highest BCUT2D eigenvalue weighted by atomic mass is 16.5. The summed E-state index contributed by atoms with van der Waals surface area (Å²) in [4.78, 5) is 0. The second-order valence-corrected chi connectivity index (χ2v) is 4.12. The van der Waals surface area contributed by atoms with Crippen molar-refractivity contribution in [2.24, 2.45) is 0 Å². The number of ether oxygens (including phenoxy) is 1. The molecule has 3 rings (SSSR count). The van der Waals surface area contributed by atoms with Gasteiger partial charge in [0.2, 0.25) is 0 Å². The number of aromatic amines is 1. The Balaban J connectivity index is 1.98. The maximum atomic E-state index is 5.88. The van der Waals surface area contributed by atoms with Gasteiger partial charge in [0.05, 0.1) is 5.69 Å². The Morgan fingerprint density at radius 2 is 1.68 bits per heavy atom. The fourth-order valence-corrected chi connectivity index (χ4v) is 1.86. The van der Waals surface area contributed by atoms with Crippen molar-refractivity contribution in [3.8, 4) is 22.8 Å². The molecule has 2 aromatic carbocycles. The molecule has 0 radical (unpaired) electrons. The molecular formula is C15H13N3O. The van der Waals surface area contributed by atoms with Crippen LogP contribution in [0, 0.1) is 0 Å². The van der Waals surface area contributed by atoms with Crippen LogP contribution in [0.4, 0.5) is 5.82 Å². The minimum absolute atomic E-state index is 0.532. The number of anilines is 1. The van der Waals surface area contributed by atoms with E-state index in [1.807, 2.05) is 54.6 Å². The Morgan fingerprint density at radius 3 is 2.42 bits per heavy atom. The topological polar surface area (TPSA) is 63.9 Å². The van der Waals surface area contributed by atoms with E-state index in [0.29, 0.717) is 5.82 Å². The van der Waals surface area contributed by atoms with E-state index in [-0.39, 0.29) is 0 Å². The first-order valence-corrected chi connectivity index (χ1v) is 5.96. The highest BCUT2D eigenvalue weighted by molar-refractivity contribution is 5.69. The van der Waals surface area contributed by atoms with E-state index >= 15 is 0 Å². The zero-order valence-corrected chi connectivity index (χ0v) is 10.2. The second kappa shape index (κ2) is 4.86. The number of benzene rings is 2. The van der Waals surface area contributed by atoms with E-state index in [0.717, 1.165) is 22.8 Å². The van der Waals surface area contributed by atoms with Gasteiger partial charge in [-0.3, -0.25) is 5.10 Å². The van der Waals surface area contributed by atoms with Gasteiger partial charge in [-0.1, -0.05) is 30.3 Å². The Morgan fingerprint density at radius 1 is 0.947 bits per heavy atom. The summed E-state index contributed by atoms with van der Waals surface area (Å²) in [5.74, 6) is 2.07. The zero-order chi connectivity index (χ0) is 13.1. The minimum Gasteiger partial charge on any atom is -0.457 e. The van der Waals surface area contributed by atoms with Crippen LogP contribution in [-0.4, -0.2) is 10.2 Å².